The minimum atomic E-state index is -0.361. The molecule has 1 aromatic rings. The number of nitrogens with one attached hydrogen (secondary N) is 2. The molecule has 0 saturated carbocycles. The first-order valence-electron chi connectivity index (χ1n) is 7.69. The van der Waals surface area contributed by atoms with Gasteiger partial charge in [0.05, 0.1) is 25.8 Å². The van der Waals surface area contributed by atoms with Crippen LogP contribution in [-0.4, -0.2) is 49.4 Å². The molecule has 3 amide bonds. The maximum atomic E-state index is 12.1. The summed E-state index contributed by atoms with van der Waals surface area (Å²) in [4.78, 5) is 25.7. The third-order valence-corrected chi connectivity index (χ3v) is 3.89. The lowest BCUT2D eigenvalue weighted by atomic mass is 10.2. The number of urea groups is 1. The lowest BCUT2D eigenvalue weighted by Crippen LogP contribution is -2.48. The van der Waals surface area contributed by atoms with Crippen molar-refractivity contribution in [2.45, 2.75) is 31.8 Å². The van der Waals surface area contributed by atoms with E-state index in [0.717, 1.165) is 11.4 Å². The predicted molar refractivity (Wildman–Crippen MR) is 86.6 cm³/mol. The maximum absolute atomic E-state index is 12.1. The van der Waals surface area contributed by atoms with E-state index in [2.05, 4.69) is 10.6 Å². The quantitative estimate of drug-likeness (QED) is 0.725. The van der Waals surface area contributed by atoms with E-state index in [-0.39, 0.29) is 37.0 Å². The number of amides is 3. The van der Waals surface area contributed by atoms with E-state index in [1.165, 1.54) is 0 Å². The van der Waals surface area contributed by atoms with Gasteiger partial charge in [0.2, 0.25) is 5.91 Å². The Balaban J connectivity index is 1.92. The number of anilines is 1. The second-order valence-electron chi connectivity index (χ2n) is 5.51. The van der Waals surface area contributed by atoms with Gasteiger partial charge in [-0.15, -0.1) is 0 Å². The molecule has 1 aliphatic heterocycles. The number of aliphatic hydroxyl groups is 1. The van der Waals surface area contributed by atoms with Gasteiger partial charge in [-0.05, 0) is 30.7 Å². The topological polar surface area (TPSA) is 90.9 Å². The fraction of sp³-hybridized carbons (Fsp3) is 0.500. The fourth-order valence-corrected chi connectivity index (χ4v) is 2.51. The number of methoxy groups -OCH3 is 1. The van der Waals surface area contributed by atoms with Crippen LogP contribution < -0.4 is 20.3 Å². The van der Waals surface area contributed by atoms with Crippen molar-refractivity contribution in [3.63, 3.8) is 0 Å². The third kappa shape index (κ3) is 4.35. The molecule has 1 saturated heterocycles. The van der Waals surface area contributed by atoms with Gasteiger partial charge in [-0.2, -0.15) is 0 Å². The number of hydrogen-bond acceptors (Lipinski definition) is 4. The zero-order valence-corrected chi connectivity index (χ0v) is 13.4. The zero-order valence-electron chi connectivity index (χ0n) is 13.4. The summed E-state index contributed by atoms with van der Waals surface area (Å²) < 4.78 is 5.10. The molecule has 126 valence electrons. The number of aliphatic hydroxyl groups excluding tert-OH is 1. The molecule has 0 spiro atoms. The largest absolute Gasteiger partial charge is 0.497 e. The number of carbonyl (C=O) groups is 2. The van der Waals surface area contributed by atoms with Crippen molar-refractivity contribution in [3.8, 4) is 5.75 Å². The van der Waals surface area contributed by atoms with Crippen LogP contribution >= 0.6 is 0 Å². The summed E-state index contributed by atoms with van der Waals surface area (Å²) in [5.41, 5.74) is 0.780. The Labute approximate surface area is 135 Å². The lowest BCUT2D eigenvalue weighted by molar-refractivity contribution is -0.117. The Kier molecular flexibility index (Phi) is 5.81. The lowest BCUT2D eigenvalue weighted by Gasteiger charge is -2.19. The molecule has 1 aliphatic rings. The van der Waals surface area contributed by atoms with Gasteiger partial charge in [-0.3, -0.25) is 4.79 Å². The van der Waals surface area contributed by atoms with Gasteiger partial charge >= 0.3 is 6.03 Å². The predicted octanol–water partition coefficient (Wildman–Crippen LogP) is 0.871. The first kappa shape index (κ1) is 17.1. The van der Waals surface area contributed by atoms with Crippen LogP contribution in [0.4, 0.5) is 10.5 Å². The van der Waals surface area contributed by atoms with Gasteiger partial charge in [-0.1, -0.05) is 6.92 Å². The average molecular weight is 321 g/mol. The van der Waals surface area contributed by atoms with Crippen molar-refractivity contribution >= 4 is 17.6 Å². The molecule has 7 heteroatoms. The van der Waals surface area contributed by atoms with Gasteiger partial charge in [-0.25, -0.2) is 4.79 Å². The van der Waals surface area contributed by atoms with Crippen LogP contribution in [0.5, 0.6) is 5.75 Å². The first-order chi connectivity index (χ1) is 11.1. The van der Waals surface area contributed by atoms with Gasteiger partial charge in [0.25, 0.3) is 0 Å². The normalized spacial score (nSPS) is 18.7. The molecular formula is C16H23N3O4. The Morgan fingerprint density at radius 2 is 2.13 bits per heavy atom. The second kappa shape index (κ2) is 7.82. The Morgan fingerprint density at radius 1 is 1.43 bits per heavy atom. The van der Waals surface area contributed by atoms with Crippen molar-refractivity contribution < 1.29 is 19.4 Å². The second-order valence-corrected chi connectivity index (χ2v) is 5.51. The first-order valence-corrected chi connectivity index (χ1v) is 7.69. The van der Waals surface area contributed by atoms with Crippen molar-refractivity contribution in [1.82, 2.24) is 10.6 Å². The molecule has 0 unspecified atom stereocenters. The summed E-state index contributed by atoms with van der Waals surface area (Å²) >= 11 is 0. The fourth-order valence-electron chi connectivity index (χ4n) is 2.51. The summed E-state index contributed by atoms with van der Waals surface area (Å²) in [6.45, 7) is 2.20. The van der Waals surface area contributed by atoms with Gasteiger partial charge in [0.15, 0.2) is 0 Å². The number of benzene rings is 1. The molecule has 2 rings (SSSR count). The SMILES string of the molecule is CC[C@H](CO)NC(=O)N[C@H]1CC(=O)N(c2ccc(OC)cc2)C1. The molecule has 0 aliphatic carbocycles. The summed E-state index contributed by atoms with van der Waals surface area (Å²) in [5.74, 6) is 0.693. The maximum Gasteiger partial charge on any atom is 0.315 e. The van der Waals surface area contributed by atoms with Crippen LogP contribution in [0.3, 0.4) is 0 Å². The van der Waals surface area contributed by atoms with E-state index >= 15 is 0 Å². The smallest absolute Gasteiger partial charge is 0.315 e. The molecule has 0 bridgehead atoms. The number of hydrogen-bond donors (Lipinski definition) is 3. The zero-order chi connectivity index (χ0) is 16.8. The van der Waals surface area contributed by atoms with E-state index in [1.807, 2.05) is 19.1 Å². The number of rotatable bonds is 6. The molecule has 1 fully saturated rings. The van der Waals surface area contributed by atoms with E-state index < -0.39 is 0 Å². The van der Waals surface area contributed by atoms with Crippen molar-refractivity contribution in [1.29, 1.82) is 0 Å². The summed E-state index contributed by atoms with van der Waals surface area (Å²) in [6, 6.07) is 6.34. The molecular weight excluding hydrogens is 298 g/mol. The molecule has 23 heavy (non-hydrogen) atoms. The van der Waals surface area contributed by atoms with Gasteiger partial charge < -0.3 is 25.4 Å². The molecule has 0 aromatic heterocycles. The molecule has 1 heterocycles. The van der Waals surface area contributed by atoms with Crippen LogP contribution in [0.15, 0.2) is 24.3 Å². The highest BCUT2D eigenvalue weighted by Crippen LogP contribution is 2.24. The summed E-state index contributed by atoms with van der Waals surface area (Å²) in [7, 11) is 1.59. The van der Waals surface area contributed by atoms with Crippen LogP contribution in [0.2, 0.25) is 0 Å². The van der Waals surface area contributed by atoms with Crippen molar-refractivity contribution in [2.75, 3.05) is 25.2 Å². The molecule has 0 radical (unpaired) electrons. The van der Waals surface area contributed by atoms with Gasteiger partial charge in [0, 0.05) is 18.7 Å². The van der Waals surface area contributed by atoms with Crippen LogP contribution in [0, 0.1) is 0 Å². The van der Waals surface area contributed by atoms with Crippen molar-refractivity contribution in [2.24, 2.45) is 0 Å². The highest BCUT2D eigenvalue weighted by atomic mass is 16.5. The monoisotopic (exact) mass is 321 g/mol. The van der Waals surface area contributed by atoms with E-state index in [1.54, 1.807) is 24.1 Å². The highest BCUT2D eigenvalue weighted by molar-refractivity contribution is 5.96. The van der Waals surface area contributed by atoms with Crippen LogP contribution in [-0.2, 0) is 4.79 Å². The Bertz CT molecular complexity index is 543. The number of ether oxygens (including phenoxy) is 1. The minimum absolute atomic E-state index is 0.0327. The average Bonchev–Trinajstić information content (AvgIpc) is 2.92. The molecule has 1 aromatic carbocycles. The van der Waals surface area contributed by atoms with E-state index in [4.69, 9.17) is 9.84 Å². The number of carbonyl (C=O) groups excluding carboxylic acids is 2. The highest BCUT2D eigenvalue weighted by Gasteiger charge is 2.31. The summed E-state index contributed by atoms with van der Waals surface area (Å²) in [6.07, 6.45) is 0.904. The van der Waals surface area contributed by atoms with Crippen molar-refractivity contribution in [3.05, 3.63) is 24.3 Å². The standard InChI is InChI=1S/C16H23N3O4/c1-3-11(10-20)17-16(22)18-12-8-15(21)19(9-12)13-4-6-14(23-2)7-5-13/h4-7,11-12,20H,3,8-10H2,1-2H3,(H2,17,18,22)/t11-,12+/m1/s1. The van der Waals surface area contributed by atoms with Crippen LogP contribution in [0.25, 0.3) is 0 Å². The summed E-state index contributed by atoms with van der Waals surface area (Å²) in [5, 5.41) is 14.6. The van der Waals surface area contributed by atoms with E-state index in [9.17, 15) is 9.59 Å². The van der Waals surface area contributed by atoms with Gasteiger partial charge in [0.1, 0.15) is 5.75 Å². The minimum Gasteiger partial charge on any atom is -0.497 e. The van der Waals surface area contributed by atoms with Crippen LogP contribution in [0.1, 0.15) is 19.8 Å². The number of nitrogens with zero attached hydrogens (tertiary/aromatic N) is 1. The third-order valence-electron chi connectivity index (χ3n) is 3.89. The Morgan fingerprint density at radius 3 is 2.70 bits per heavy atom. The molecule has 3 N–H and O–H groups in total. The Hall–Kier alpha value is -2.28. The van der Waals surface area contributed by atoms with E-state index in [0.29, 0.717) is 13.0 Å². The molecule has 2 atom stereocenters. The molecule has 7 nitrogen and oxygen atoms in total.